The molecule has 6 heteroatoms. The molecule has 25 heavy (non-hydrogen) atoms. The van der Waals surface area contributed by atoms with Crippen LogP contribution in [0.3, 0.4) is 0 Å². The van der Waals surface area contributed by atoms with Crippen LogP contribution >= 0.6 is 27.5 Å². The summed E-state index contributed by atoms with van der Waals surface area (Å²) in [7, 11) is 1.63. The lowest BCUT2D eigenvalue weighted by atomic mass is 10.2. The lowest BCUT2D eigenvalue weighted by Crippen LogP contribution is -2.15. The van der Waals surface area contributed by atoms with Crippen molar-refractivity contribution in [1.29, 1.82) is 0 Å². The maximum Gasteiger partial charge on any atom is 0.175 e. The van der Waals surface area contributed by atoms with Gasteiger partial charge in [0.25, 0.3) is 0 Å². The van der Waals surface area contributed by atoms with Gasteiger partial charge in [-0.3, -0.25) is 0 Å². The van der Waals surface area contributed by atoms with Crippen LogP contribution in [-0.2, 0) is 13.2 Å². The number of halogens is 2. The van der Waals surface area contributed by atoms with Gasteiger partial charge in [0.15, 0.2) is 11.5 Å². The van der Waals surface area contributed by atoms with Gasteiger partial charge in [0, 0.05) is 18.2 Å². The molecule has 2 N–H and O–H groups in total. The molecular weight excluding hydrogens is 406 g/mol. The summed E-state index contributed by atoms with van der Waals surface area (Å²) in [6.45, 7) is 2.28. The van der Waals surface area contributed by atoms with E-state index in [2.05, 4.69) is 21.2 Å². The monoisotopic (exact) mass is 427 g/mol. The first-order valence-corrected chi connectivity index (χ1v) is 9.36. The average Bonchev–Trinajstić information content (AvgIpc) is 2.61. The highest BCUT2D eigenvalue weighted by Gasteiger charge is 2.12. The van der Waals surface area contributed by atoms with Gasteiger partial charge in [-0.25, -0.2) is 0 Å². The van der Waals surface area contributed by atoms with Gasteiger partial charge in [0.1, 0.15) is 6.61 Å². The van der Waals surface area contributed by atoms with Crippen molar-refractivity contribution in [2.24, 2.45) is 0 Å². The van der Waals surface area contributed by atoms with Crippen molar-refractivity contribution in [2.45, 2.75) is 26.0 Å². The molecule has 2 aromatic rings. The number of ether oxygens (including phenoxy) is 2. The molecule has 0 aliphatic heterocycles. The molecule has 0 fully saturated rings. The second-order valence-corrected chi connectivity index (χ2v) is 6.92. The fraction of sp³-hybridized carbons (Fsp3) is 0.368. The van der Waals surface area contributed by atoms with Crippen molar-refractivity contribution in [1.82, 2.24) is 5.32 Å². The van der Waals surface area contributed by atoms with Gasteiger partial charge in [-0.15, -0.1) is 0 Å². The summed E-state index contributed by atoms with van der Waals surface area (Å²) in [6, 6.07) is 11.6. The fourth-order valence-corrected chi connectivity index (χ4v) is 3.08. The molecule has 0 amide bonds. The van der Waals surface area contributed by atoms with Crippen LogP contribution in [0.4, 0.5) is 0 Å². The first kappa shape index (κ1) is 20.0. The first-order valence-electron chi connectivity index (χ1n) is 8.19. The Morgan fingerprint density at radius 2 is 1.88 bits per heavy atom. The topological polar surface area (TPSA) is 50.7 Å². The van der Waals surface area contributed by atoms with Gasteiger partial charge in [-0.2, -0.15) is 0 Å². The Bertz CT molecular complexity index is 664. The normalized spacial score (nSPS) is 10.7. The molecule has 0 unspecified atom stereocenters. The highest BCUT2D eigenvalue weighted by atomic mass is 79.9. The van der Waals surface area contributed by atoms with E-state index in [9.17, 15) is 0 Å². The van der Waals surface area contributed by atoms with Gasteiger partial charge in [0.05, 0.1) is 11.6 Å². The second-order valence-electron chi connectivity index (χ2n) is 5.63. The number of nitrogens with one attached hydrogen (secondary N) is 1. The van der Waals surface area contributed by atoms with Crippen molar-refractivity contribution in [3.05, 3.63) is 57.0 Å². The maximum atomic E-state index is 8.79. The summed E-state index contributed by atoms with van der Waals surface area (Å²) in [5.74, 6) is 1.37. The summed E-state index contributed by atoms with van der Waals surface area (Å²) in [6.07, 6.45) is 1.77. The van der Waals surface area contributed by atoms with Gasteiger partial charge >= 0.3 is 0 Å². The number of benzene rings is 2. The van der Waals surface area contributed by atoms with Crippen molar-refractivity contribution in [3.8, 4) is 11.5 Å². The minimum Gasteiger partial charge on any atom is -0.493 e. The predicted molar refractivity (Wildman–Crippen MR) is 105 cm³/mol. The van der Waals surface area contributed by atoms with Crippen LogP contribution in [0, 0.1) is 0 Å². The molecule has 0 heterocycles. The minimum absolute atomic E-state index is 0.237. The van der Waals surface area contributed by atoms with Crippen molar-refractivity contribution in [2.75, 3.05) is 20.3 Å². The molecular formula is C19H23BrClNO3. The molecule has 0 aliphatic rings. The summed E-state index contributed by atoms with van der Waals surface area (Å²) in [5, 5.41) is 12.9. The van der Waals surface area contributed by atoms with Crippen LogP contribution in [0.15, 0.2) is 40.9 Å². The zero-order valence-corrected chi connectivity index (χ0v) is 16.6. The number of hydrogen-bond acceptors (Lipinski definition) is 4. The number of methoxy groups -OCH3 is 1. The summed E-state index contributed by atoms with van der Waals surface area (Å²) >= 11 is 9.47. The van der Waals surface area contributed by atoms with E-state index in [0.717, 1.165) is 41.5 Å². The summed E-state index contributed by atoms with van der Waals surface area (Å²) in [4.78, 5) is 0. The molecule has 0 atom stereocenters. The van der Waals surface area contributed by atoms with Gasteiger partial charge in [-0.1, -0.05) is 23.7 Å². The molecule has 0 radical (unpaired) electrons. The van der Waals surface area contributed by atoms with Crippen molar-refractivity contribution >= 4 is 27.5 Å². The van der Waals surface area contributed by atoms with Crippen LogP contribution in [0.25, 0.3) is 0 Å². The van der Waals surface area contributed by atoms with E-state index in [0.29, 0.717) is 23.1 Å². The number of aliphatic hydroxyl groups is 1. The Hall–Kier alpha value is -1.27. The third kappa shape index (κ3) is 6.51. The van der Waals surface area contributed by atoms with E-state index in [1.807, 2.05) is 36.4 Å². The van der Waals surface area contributed by atoms with Gasteiger partial charge in [-0.05, 0) is 70.7 Å². The third-order valence-corrected chi connectivity index (χ3v) is 4.52. The molecule has 0 saturated heterocycles. The highest BCUT2D eigenvalue weighted by Crippen LogP contribution is 2.37. The van der Waals surface area contributed by atoms with E-state index >= 15 is 0 Å². The molecule has 136 valence electrons. The van der Waals surface area contributed by atoms with E-state index in [4.69, 9.17) is 26.2 Å². The Morgan fingerprint density at radius 1 is 1.12 bits per heavy atom. The zero-order chi connectivity index (χ0) is 18.1. The zero-order valence-electron chi connectivity index (χ0n) is 14.2. The first-order chi connectivity index (χ1) is 12.1. The summed E-state index contributed by atoms with van der Waals surface area (Å²) in [5.41, 5.74) is 2.14. The highest BCUT2D eigenvalue weighted by molar-refractivity contribution is 9.10. The molecule has 0 aliphatic carbocycles. The fourth-order valence-electron chi connectivity index (χ4n) is 2.35. The van der Waals surface area contributed by atoms with E-state index in [-0.39, 0.29) is 6.61 Å². The number of rotatable bonds is 10. The lowest BCUT2D eigenvalue weighted by Gasteiger charge is -2.15. The molecule has 4 nitrogen and oxygen atoms in total. The van der Waals surface area contributed by atoms with Crippen molar-refractivity contribution in [3.63, 3.8) is 0 Å². The SMILES string of the molecule is COc1cc(CNCCCCO)cc(Br)c1OCc1ccc(Cl)cc1. The predicted octanol–water partition coefficient (Wildman–Crippen LogP) is 4.55. The molecule has 2 aromatic carbocycles. The quantitative estimate of drug-likeness (QED) is 0.545. The van der Waals surface area contributed by atoms with E-state index in [1.54, 1.807) is 7.11 Å². The van der Waals surface area contributed by atoms with Gasteiger partial charge < -0.3 is 19.9 Å². The molecule has 0 spiro atoms. The minimum atomic E-state index is 0.237. The van der Waals surface area contributed by atoms with E-state index < -0.39 is 0 Å². The molecule has 2 rings (SSSR count). The van der Waals surface area contributed by atoms with Crippen molar-refractivity contribution < 1.29 is 14.6 Å². The Morgan fingerprint density at radius 3 is 2.56 bits per heavy atom. The summed E-state index contributed by atoms with van der Waals surface area (Å²) < 4.78 is 12.3. The Kier molecular flexibility index (Phi) is 8.55. The standard InChI is InChI=1S/C19H23BrClNO3/c1-24-18-11-15(12-22-8-2-3-9-23)10-17(20)19(18)25-13-14-4-6-16(21)7-5-14/h4-7,10-11,22-23H,2-3,8-9,12-13H2,1H3. The third-order valence-electron chi connectivity index (χ3n) is 3.68. The number of aliphatic hydroxyl groups excluding tert-OH is 1. The second kappa shape index (κ2) is 10.7. The average molecular weight is 429 g/mol. The molecule has 0 aromatic heterocycles. The molecule has 0 saturated carbocycles. The van der Waals surface area contributed by atoms with Crippen LogP contribution in [-0.4, -0.2) is 25.4 Å². The number of unbranched alkanes of at least 4 members (excludes halogenated alkanes) is 1. The number of hydrogen-bond donors (Lipinski definition) is 2. The van der Waals surface area contributed by atoms with E-state index in [1.165, 1.54) is 0 Å². The lowest BCUT2D eigenvalue weighted by molar-refractivity contribution is 0.282. The van der Waals surface area contributed by atoms with Crippen LogP contribution in [0.5, 0.6) is 11.5 Å². The Labute approximate surface area is 162 Å². The maximum absolute atomic E-state index is 8.79. The smallest absolute Gasteiger partial charge is 0.175 e. The van der Waals surface area contributed by atoms with Crippen LogP contribution in [0.2, 0.25) is 5.02 Å². The van der Waals surface area contributed by atoms with Crippen LogP contribution < -0.4 is 14.8 Å². The largest absolute Gasteiger partial charge is 0.493 e. The molecule has 0 bridgehead atoms. The van der Waals surface area contributed by atoms with Gasteiger partial charge in [0.2, 0.25) is 0 Å². The van der Waals surface area contributed by atoms with Crippen LogP contribution in [0.1, 0.15) is 24.0 Å². The Balaban J connectivity index is 1.99.